The van der Waals surface area contributed by atoms with Gasteiger partial charge in [-0.25, -0.2) is 0 Å². The Bertz CT molecular complexity index is 1620. The summed E-state index contributed by atoms with van der Waals surface area (Å²) >= 11 is 13.9. The largest absolute Gasteiger partial charge is 0.494 e. The first-order valence-electron chi connectivity index (χ1n) is 26.7. The van der Waals surface area contributed by atoms with Crippen LogP contribution in [0, 0.1) is 47.3 Å². The van der Waals surface area contributed by atoms with Crippen LogP contribution >= 0.6 is 23.2 Å². The standard InChI is InChI=1S/C60H96Cl2O4/c1-43(2)17-13-21-47(9)29-33-63-53-25-27-59(65-35-31-49(11)23-15-19-45(5)6)57(39-53)55-37-52(42-62)56(38-51(55)41-61)58-40-54(64-34-30-48(10)22-14-18-44(3)4)26-28-60(58)66-36-32-50(12)24-16-20-46(7)8/h25-28,37-40,43-50H,13-24,29-36,41-42H2,1-12H3/t47-,48-,49-,50-/m0/s1. The van der Waals surface area contributed by atoms with E-state index in [2.05, 4.69) is 132 Å². The average Bonchev–Trinajstić information content (AvgIpc) is 3.26. The first kappa shape index (κ1) is 57.8. The number of hydrogen-bond donors (Lipinski definition) is 0. The molecule has 0 saturated heterocycles. The van der Waals surface area contributed by atoms with Crippen LogP contribution in [0.2, 0.25) is 0 Å². The van der Waals surface area contributed by atoms with Crippen molar-refractivity contribution < 1.29 is 18.9 Å². The zero-order chi connectivity index (χ0) is 48.4. The Hall–Kier alpha value is -2.56. The quantitative estimate of drug-likeness (QED) is 0.0544. The van der Waals surface area contributed by atoms with Crippen molar-refractivity contribution in [2.45, 2.75) is 198 Å². The predicted octanol–water partition coefficient (Wildman–Crippen LogP) is 19.4. The van der Waals surface area contributed by atoms with Gasteiger partial charge in [0.05, 0.1) is 26.4 Å². The molecule has 0 aliphatic heterocycles. The summed E-state index contributed by atoms with van der Waals surface area (Å²) in [6.07, 6.45) is 19.2. The van der Waals surface area contributed by atoms with Crippen molar-refractivity contribution >= 4 is 23.2 Å². The Morgan fingerprint density at radius 2 is 0.621 bits per heavy atom. The topological polar surface area (TPSA) is 36.9 Å². The molecule has 3 aromatic carbocycles. The molecule has 3 aromatic rings. The summed E-state index contributed by atoms with van der Waals surface area (Å²) in [5.74, 6) is 9.44. The van der Waals surface area contributed by atoms with E-state index in [-0.39, 0.29) is 0 Å². The van der Waals surface area contributed by atoms with Crippen molar-refractivity contribution in [3.8, 4) is 45.3 Å². The van der Waals surface area contributed by atoms with Crippen LogP contribution in [-0.2, 0) is 11.8 Å². The van der Waals surface area contributed by atoms with Gasteiger partial charge in [-0.1, -0.05) is 160 Å². The van der Waals surface area contributed by atoms with E-state index in [9.17, 15) is 0 Å². The van der Waals surface area contributed by atoms with E-state index >= 15 is 0 Å². The minimum absolute atomic E-state index is 0.325. The molecule has 0 saturated carbocycles. The fourth-order valence-electron chi connectivity index (χ4n) is 8.85. The van der Waals surface area contributed by atoms with Gasteiger partial charge in [0.15, 0.2) is 0 Å². The lowest BCUT2D eigenvalue weighted by atomic mass is 9.90. The molecule has 0 bridgehead atoms. The van der Waals surface area contributed by atoms with Gasteiger partial charge in [-0.3, -0.25) is 0 Å². The Balaban J connectivity index is 2.00. The maximum absolute atomic E-state index is 6.97. The second-order valence-corrected chi connectivity index (χ2v) is 22.6. The van der Waals surface area contributed by atoms with Crippen molar-refractivity contribution in [2.75, 3.05) is 26.4 Å². The summed E-state index contributed by atoms with van der Waals surface area (Å²) < 4.78 is 26.4. The highest BCUT2D eigenvalue weighted by atomic mass is 35.5. The zero-order valence-corrected chi connectivity index (χ0v) is 45.7. The van der Waals surface area contributed by atoms with E-state index in [1.807, 2.05) is 0 Å². The van der Waals surface area contributed by atoms with Crippen molar-refractivity contribution in [2.24, 2.45) is 47.3 Å². The normalized spacial score (nSPS) is 13.7. The molecule has 0 aromatic heterocycles. The van der Waals surface area contributed by atoms with Gasteiger partial charge < -0.3 is 18.9 Å². The van der Waals surface area contributed by atoms with Gasteiger partial charge in [0, 0.05) is 22.9 Å². The van der Waals surface area contributed by atoms with Gasteiger partial charge in [0.25, 0.3) is 0 Å². The molecule has 374 valence electrons. The van der Waals surface area contributed by atoms with Crippen molar-refractivity contribution in [3.63, 3.8) is 0 Å². The van der Waals surface area contributed by atoms with Crippen LogP contribution in [0.3, 0.4) is 0 Å². The summed E-state index contributed by atoms with van der Waals surface area (Å²) in [6, 6.07) is 17.1. The molecular formula is C60H96Cl2O4. The number of ether oxygens (including phenoxy) is 4. The third-order valence-corrected chi connectivity index (χ3v) is 14.1. The van der Waals surface area contributed by atoms with Crippen LogP contribution < -0.4 is 18.9 Å². The summed E-state index contributed by atoms with van der Waals surface area (Å²) in [4.78, 5) is 0. The van der Waals surface area contributed by atoms with E-state index in [1.165, 1.54) is 77.0 Å². The lowest BCUT2D eigenvalue weighted by Crippen LogP contribution is -2.07. The molecule has 0 radical (unpaired) electrons. The summed E-state index contributed by atoms with van der Waals surface area (Å²) in [6.45, 7) is 30.5. The molecular weight excluding hydrogens is 856 g/mol. The Morgan fingerprint density at radius 1 is 0.333 bits per heavy atom. The second-order valence-electron chi connectivity index (χ2n) is 22.0. The molecule has 6 heteroatoms. The Morgan fingerprint density at radius 3 is 0.894 bits per heavy atom. The number of halogens is 2. The van der Waals surface area contributed by atoms with Crippen LogP contribution in [0.1, 0.15) is 197 Å². The van der Waals surface area contributed by atoms with Gasteiger partial charge in [0.1, 0.15) is 23.0 Å². The summed E-state index contributed by atoms with van der Waals surface area (Å²) in [5, 5.41) is 0. The molecule has 3 rings (SSSR count). The molecule has 4 atom stereocenters. The van der Waals surface area contributed by atoms with E-state index in [0.29, 0.717) is 61.9 Å². The van der Waals surface area contributed by atoms with Crippen LogP contribution in [0.4, 0.5) is 0 Å². The average molecular weight is 952 g/mol. The molecule has 0 N–H and O–H groups in total. The number of rotatable bonds is 36. The van der Waals surface area contributed by atoms with Crippen LogP contribution in [-0.4, -0.2) is 26.4 Å². The lowest BCUT2D eigenvalue weighted by Gasteiger charge is -2.21. The third-order valence-electron chi connectivity index (χ3n) is 13.5. The molecule has 4 nitrogen and oxygen atoms in total. The fraction of sp³-hybridized carbons (Fsp3) is 0.700. The van der Waals surface area contributed by atoms with Gasteiger partial charge in [-0.2, -0.15) is 0 Å². The van der Waals surface area contributed by atoms with Gasteiger partial charge in [-0.05, 0) is 144 Å². The predicted molar refractivity (Wildman–Crippen MR) is 288 cm³/mol. The third kappa shape index (κ3) is 22.7. The minimum Gasteiger partial charge on any atom is -0.494 e. The number of hydrogen-bond acceptors (Lipinski definition) is 4. The highest BCUT2D eigenvalue weighted by Crippen LogP contribution is 2.43. The van der Waals surface area contributed by atoms with E-state index in [4.69, 9.17) is 42.1 Å². The maximum atomic E-state index is 6.97. The van der Waals surface area contributed by atoms with Gasteiger partial charge in [-0.15, -0.1) is 23.2 Å². The molecule has 0 aliphatic rings. The molecule has 66 heavy (non-hydrogen) atoms. The minimum atomic E-state index is 0.325. The van der Waals surface area contributed by atoms with Gasteiger partial charge >= 0.3 is 0 Å². The number of alkyl halides is 2. The first-order valence-corrected chi connectivity index (χ1v) is 27.7. The van der Waals surface area contributed by atoms with Gasteiger partial charge in [0.2, 0.25) is 0 Å². The van der Waals surface area contributed by atoms with Crippen LogP contribution in [0.25, 0.3) is 22.3 Å². The monoisotopic (exact) mass is 951 g/mol. The molecule has 0 aliphatic carbocycles. The highest BCUT2D eigenvalue weighted by molar-refractivity contribution is 6.18. The van der Waals surface area contributed by atoms with Crippen molar-refractivity contribution in [3.05, 3.63) is 59.7 Å². The van der Waals surface area contributed by atoms with Crippen molar-refractivity contribution in [1.82, 2.24) is 0 Å². The molecule has 0 heterocycles. The van der Waals surface area contributed by atoms with Crippen LogP contribution in [0.15, 0.2) is 48.5 Å². The zero-order valence-electron chi connectivity index (χ0n) is 44.2. The lowest BCUT2D eigenvalue weighted by molar-refractivity contribution is 0.270. The highest BCUT2D eigenvalue weighted by Gasteiger charge is 2.21. The first-order chi connectivity index (χ1) is 31.6. The molecule has 0 spiro atoms. The molecule has 0 amide bonds. The second kappa shape index (κ2) is 32.3. The SMILES string of the molecule is CC(C)CCC[C@H](C)CCOc1ccc(OCC[C@@H](C)CCCC(C)C)c(-c2cc(CCl)c(-c3cc(OCC[C@@H](C)CCCC(C)C)ccc3OCC[C@@H](C)CCCC(C)C)cc2CCl)c1. The van der Waals surface area contributed by atoms with E-state index < -0.39 is 0 Å². The molecule has 0 unspecified atom stereocenters. The summed E-state index contributed by atoms with van der Waals surface area (Å²) in [5.41, 5.74) is 6.04. The molecule has 0 fully saturated rings. The van der Waals surface area contributed by atoms with Crippen molar-refractivity contribution in [1.29, 1.82) is 0 Å². The Labute approximate surface area is 416 Å². The maximum Gasteiger partial charge on any atom is 0.127 e. The fourth-order valence-corrected chi connectivity index (χ4v) is 9.30. The van der Waals surface area contributed by atoms with E-state index in [1.54, 1.807) is 0 Å². The van der Waals surface area contributed by atoms with E-state index in [0.717, 1.165) is 106 Å². The smallest absolute Gasteiger partial charge is 0.127 e. The summed E-state index contributed by atoms with van der Waals surface area (Å²) in [7, 11) is 0. The Kier molecular flexibility index (Phi) is 28.3. The van der Waals surface area contributed by atoms with Crippen LogP contribution in [0.5, 0.6) is 23.0 Å². The number of benzene rings is 3.